The van der Waals surface area contributed by atoms with Crippen molar-refractivity contribution < 1.29 is 9.53 Å². The van der Waals surface area contributed by atoms with Gasteiger partial charge in [-0.15, -0.1) is 16.8 Å². The summed E-state index contributed by atoms with van der Waals surface area (Å²) in [4.78, 5) is 13.8. The molecule has 25 heavy (non-hydrogen) atoms. The van der Waals surface area contributed by atoms with Gasteiger partial charge in [0.25, 0.3) is 0 Å². The summed E-state index contributed by atoms with van der Waals surface area (Å²) in [7, 11) is 1.76. The van der Waals surface area contributed by atoms with Crippen LogP contribution in [-0.2, 0) is 4.79 Å². The second kappa shape index (κ2) is 10.3. The molecule has 6 nitrogen and oxygen atoms in total. The molecule has 0 radical (unpaired) electrons. The van der Waals surface area contributed by atoms with Gasteiger partial charge in [0, 0.05) is 18.6 Å². The zero-order valence-corrected chi connectivity index (χ0v) is 16.2. The molecule has 2 aromatic rings. The first-order valence-electron chi connectivity index (χ1n) is 7.52. The van der Waals surface area contributed by atoms with Gasteiger partial charge in [-0.05, 0) is 24.3 Å². The number of carbonyl (C=O) groups is 1. The third kappa shape index (κ3) is 6.93. The molecular weight excluding hydrogens is 380 g/mol. The first-order valence-corrected chi connectivity index (χ1v) is 9.70. The number of thioether (sulfide) groups is 1. The number of halogens is 1. The van der Waals surface area contributed by atoms with Crippen LogP contribution in [0.1, 0.15) is 0 Å². The standard InChI is InChI=1S/C16H19ClN4O2S2/c1-3-8-18-15-19-20-16(25-15)24-11-14(22)21(2)9-10-23-13-6-4-12(17)5-7-13/h3-7H,1,8-11H2,2H3,(H,18,19). The van der Waals surface area contributed by atoms with Crippen LogP contribution in [0.15, 0.2) is 41.3 Å². The summed E-state index contributed by atoms with van der Waals surface area (Å²) >= 11 is 8.62. The fourth-order valence-electron chi connectivity index (χ4n) is 1.69. The molecule has 1 N–H and O–H groups in total. The summed E-state index contributed by atoms with van der Waals surface area (Å²) in [5, 5.41) is 12.5. The van der Waals surface area contributed by atoms with Gasteiger partial charge in [0.05, 0.1) is 12.3 Å². The van der Waals surface area contributed by atoms with Gasteiger partial charge in [-0.25, -0.2) is 0 Å². The smallest absolute Gasteiger partial charge is 0.232 e. The third-order valence-electron chi connectivity index (χ3n) is 3.06. The van der Waals surface area contributed by atoms with Crippen molar-refractivity contribution in [2.75, 3.05) is 37.8 Å². The Morgan fingerprint density at radius 2 is 2.20 bits per heavy atom. The first kappa shape index (κ1) is 19.6. The Bertz CT molecular complexity index is 694. The molecular formula is C16H19ClN4O2S2. The molecule has 0 fully saturated rings. The summed E-state index contributed by atoms with van der Waals surface area (Å²) < 4.78 is 6.34. The molecule has 1 heterocycles. The molecule has 0 unspecified atom stereocenters. The molecule has 134 valence electrons. The number of rotatable bonds is 10. The molecule has 0 saturated carbocycles. The van der Waals surface area contributed by atoms with Gasteiger partial charge in [-0.3, -0.25) is 4.79 Å². The van der Waals surface area contributed by atoms with E-state index in [1.165, 1.54) is 23.1 Å². The van der Waals surface area contributed by atoms with E-state index in [4.69, 9.17) is 16.3 Å². The summed E-state index contributed by atoms with van der Waals surface area (Å²) in [5.74, 6) is 1.06. The van der Waals surface area contributed by atoms with Crippen molar-refractivity contribution in [1.29, 1.82) is 0 Å². The number of likely N-dealkylation sites (N-methyl/N-ethyl adjacent to an activating group) is 1. The van der Waals surface area contributed by atoms with Gasteiger partial charge in [-0.2, -0.15) is 0 Å². The summed E-state index contributed by atoms with van der Waals surface area (Å²) in [6, 6.07) is 7.13. The van der Waals surface area contributed by atoms with Crippen molar-refractivity contribution in [3.63, 3.8) is 0 Å². The highest BCUT2D eigenvalue weighted by Gasteiger charge is 2.12. The second-order valence-corrected chi connectivity index (χ2v) is 7.59. The molecule has 0 aliphatic rings. The van der Waals surface area contributed by atoms with Crippen molar-refractivity contribution in [3.05, 3.63) is 41.9 Å². The highest BCUT2D eigenvalue weighted by molar-refractivity contribution is 8.01. The van der Waals surface area contributed by atoms with Gasteiger partial charge < -0.3 is 15.0 Å². The maximum Gasteiger partial charge on any atom is 0.232 e. The average molecular weight is 399 g/mol. The minimum Gasteiger partial charge on any atom is -0.492 e. The van der Waals surface area contributed by atoms with E-state index >= 15 is 0 Å². The molecule has 0 atom stereocenters. The van der Waals surface area contributed by atoms with E-state index < -0.39 is 0 Å². The fraction of sp³-hybridized carbons (Fsp3) is 0.312. The van der Waals surface area contributed by atoms with Crippen LogP contribution in [-0.4, -0.2) is 53.5 Å². The Morgan fingerprint density at radius 1 is 1.44 bits per heavy atom. The summed E-state index contributed by atoms with van der Waals surface area (Å²) in [5.41, 5.74) is 0. The van der Waals surface area contributed by atoms with Crippen LogP contribution in [0.4, 0.5) is 5.13 Å². The lowest BCUT2D eigenvalue weighted by atomic mass is 10.3. The minimum absolute atomic E-state index is 0.0144. The quantitative estimate of drug-likeness (QED) is 0.488. The van der Waals surface area contributed by atoms with Gasteiger partial charge >= 0.3 is 0 Å². The molecule has 1 amide bonds. The highest BCUT2D eigenvalue weighted by Crippen LogP contribution is 2.25. The third-order valence-corrected chi connectivity index (χ3v) is 5.31. The number of hydrogen-bond acceptors (Lipinski definition) is 7. The lowest BCUT2D eigenvalue weighted by molar-refractivity contribution is -0.127. The number of ether oxygens (including phenoxy) is 1. The van der Waals surface area contributed by atoms with Crippen LogP contribution in [0.5, 0.6) is 5.75 Å². The van der Waals surface area contributed by atoms with Crippen LogP contribution < -0.4 is 10.1 Å². The van der Waals surface area contributed by atoms with E-state index in [1.54, 1.807) is 42.3 Å². The molecule has 0 aliphatic carbocycles. The molecule has 2 rings (SSSR count). The highest BCUT2D eigenvalue weighted by atomic mass is 35.5. The number of anilines is 1. The zero-order chi connectivity index (χ0) is 18.1. The fourth-order valence-corrected chi connectivity index (χ4v) is 3.51. The average Bonchev–Trinajstić information content (AvgIpc) is 3.07. The van der Waals surface area contributed by atoms with E-state index in [0.717, 1.165) is 15.2 Å². The van der Waals surface area contributed by atoms with E-state index in [-0.39, 0.29) is 5.91 Å². The van der Waals surface area contributed by atoms with Gasteiger partial charge in [0.2, 0.25) is 11.0 Å². The van der Waals surface area contributed by atoms with Crippen molar-refractivity contribution in [2.24, 2.45) is 0 Å². The van der Waals surface area contributed by atoms with Gasteiger partial charge in [0.15, 0.2) is 4.34 Å². The Kier molecular flexibility index (Phi) is 8.03. The Morgan fingerprint density at radius 3 is 2.92 bits per heavy atom. The maximum atomic E-state index is 12.1. The molecule has 0 spiro atoms. The lowest BCUT2D eigenvalue weighted by Crippen LogP contribution is -2.32. The van der Waals surface area contributed by atoms with Crippen molar-refractivity contribution in [1.82, 2.24) is 15.1 Å². The minimum atomic E-state index is 0.0144. The largest absolute Gasteiger partial charge is 0.492 e. The molecule has 0 bridgehead atoms. The van der Waals surface area contributed by atoms with Crippen molar-refractivity contribution in [3.8, 4) is 5.75 Å². The second-order valence-electron chi connectivity index (χ2n) is 4.95. The number of nitrogens with zero attached hydrogens (tertiary/aromatic N) is 3. The number of hydrogen-bond donors (Lipinski definition) is 1. The van der Waals surface area contributed by atoms with Gasteiger partial charge in [-0.1, -0.05) is 40.8 Å². The molecule has 1 aromatic heterocycles. The van der Waals surface area contributed by atoms with Crippen LogP contribution in [0.3, 0.4) is 0 Å². The normalized spacial score (nSPS) is 10.3. The number of benzene rings is 1. The summed E-state index contributed by atoms with van der Waals surface area (Å²) in [6.07, 6.45) is 1.75. The lowest BCUT2D eigenvalue weighted by Gasteiger charge is -2.17. The van der Waals surface area contributed by atoms with Gasteiger partial charge in [0.1, 0.15) is 12.4 Å². The Balaban J connectivity index is 1.68. The SMILES string of the molecule is C=CCNc1nnc(SCC(=O)N(C)CCOc2ccc(Cl)cc2)s1. The van der Waals surface area contributed by atoms with Crippen LogP contribution in [0.2, 0.25) is 5.02 Å². The molecule has 1 aromatic carbocycles. The van der Waals surface area contributed by atoms with E-state index in [1.807, 2.05) is 0 Å². The zero-order valence-electron chi connectivity index (χ0n) is 13.8. The number of nitrogens with one attached hydrogen (secondary N) is 1. The summed E-state index contributed by atoms with van der Waals surface area (Å²) in [6.45, 7) is 5.19. The van der Waals surface area contributed by atoms with E-state index in [2.05, 4.69) is 22.1 Å². The first-order chi connectivity index (χ1) is 12.1. The molecule has 0 aliphatic heterocycles. The number of aromatic nitrogens is 2. The topological polar surface area (TPSA) is 67.4 Å². The van der Waals surface area contributed by atoms with E-state index in [0.29, 0.717) is 30.5 Å². The number of carbonyl (C=O) groups excluding carboxylic acids is 1. The molecule has 0 saturated heterocycles. The predicted molar refractivity (Wildman–Crippen MR) is 104 cm³/mol. The Labute approximate surface area is 160 Å². The Hall–Kier alpha value is -1.77. The number of amides is 1. The van der Waals surface area contributed by atoms with Crippen LogP contribution >= 0.6 is 34.7 Å². The monoisotopic (exact) mass is 398 g/mol. The molecule has 9 heteroatoms. The van der Waals surface area contributed by atoms with Crippen LogP contribution in [0.25, 0.3) is 0 Å². The van der Waals surface area contributed by atoms with E-state index in [9.17, 15) is 4.79 Å². The van der Waals surface area contributed by atoms with Crippen molar-refractivity contribution >= 4 is 45.7 Å². The maximum absolute atomic E-state index is 12.1. The predicted octanol–water partition coefficient (Wildman–Crippen LogP) is 3.42. The van der Waals surface area contributed by atoms with Crippen molar-refractivity contribution in [2.45, 2.75) is 4.34 Å². The van der Waals surface area contributed by atoms with Crippen LogP contribution in [0, 0.1) is 0 Å².